The van der Waals surface area contributed by atoms with E-state index in [1.54, 1.807) is 0 Å². The van der Waals surface area contributed by atoms with E-state index in [1.165, 1.54) is 32.4 Å². The molecule has 0 saturated carbocycles. The lowest BCUT2D eigenvalue weighted by molar-refractivity contribution is -0.701. The second-order valence-electron chi connectivity index (χ2n) is 5.24. The lowest BCUT2D eigenvalue weighted by Crippen LogP contribution is -2.39. The molecule has 20 heavy (non-hydrogen) atoms. The highest BCUT2D eigenvalue weighted by atomic mass is 16.5. The van der Waals surface area contributed by atoms with Gasteiger partial charge in [-0.1, -0.05) is 36.4 Å². The summed E-state index contributed by atoms with van der Waals surface area (Å²) < 4.78 is 8.09. The molecule has 0 amide bonds. The van der Waals surface area contributed by atoms with E-state index in [1.807, 2.05) is 0 Å². The summed E-state index contributed by atoms with van der Waals surface area (Å²) in [6, 6.07) is 19.2. The van der Waals surface area contributed by atoms with E-state index in [9.17, 15) is 0 Å². The maximum absolute atomic E-state index is 5.90. The Kier molecular flexibility index (Phi) is 1.78. The van der Waals surface area contributed by atoms with Crippen LogP contribution in [0.1, 0.15) is 0 Å². The Balaban J connectivity index is 2.26. The monoisotopic (exact) mass is 258 g/mol. The van der Waals surface area contributed by atoms with Gasteiger partial charge in [0.1, 0.15) is 5.75 Å². The number of pyridine rings is 1. The predicted molar refractivity (Wildman–Crippen MR) is 79.8 cm³/mol. The number of aromatic nitrogens is 1. The highest BCUT2D eigenvalue weighted by Gasteiger charge is 2.23. The molecular weight excluding hydrogens is 246 g/mol. The first-order valence-corrected chi connectivity index (χ1v) is 6.82. The molecular formula is C18H12NO+. The molecule has 0 spiro atoms. The molecule has 5 rings (SSSR count). The van der Waals surface area contributed by atoms with Crippen LogP contribution in [0.15, 0.2) is 60.8 Å². The zero-order valence-electron chi connectivity index (χ0n) is 10.8. The third kappa shape index (κ3) is 1.12. The van der Waals surface area contributed by atoms with E-state index < -0.39 is 0 Å². The minimum atomic E-state index is 0.585. The minimum Gasteiger partial charge on any atom is -0.435 e. The van der Waals surface area contributed by atoms with E-state index in [2.05, 4.69) is 65.4 Å². The van der Waals surface area contributed by atoms with Crippen molar-refractivity contribution in [3.05, 3.63) is 60.8 Å². The molecule has 2 nitrogen and oxygen atoms in total. The molecule has 0 atom stereocenters. The average Bonchev–Trinajstić information content (AvgIpc) is 2.53. The number of rotatable bonds is 0. The lowest BCUT2D eigenvalue weighted by Gasteiger charge is -2.16. The smallest absolute Gasteiger partial charge is 0.292 e. The first kappa shape index (κ1) is 10.2. The number of hydrogen-bond acceptors (Lipinski definition) is 1. The molecule has 0 N–H and O–H groups in total. The maximum Gasteiger partial charge on any atom is 0.292 e. The Hall–Kier alpha value is -2.61. The van der Waals surface area contributed by atoms with Crippen molar-refractivity contribution in [1.29, 1.82) is 0 Å². The molecule has 0 bridgehead atoms. The number of fused-ring (bicyclic) bond motifs is 3. The van der Waals surface area contributed by atoms with E-state index >= 15 is 0 Å². The van der Waals surface area contributed by atoms with Crippen LogP contribution in [0, 0.1) is 0 Å². The van der Waals surface area contributed by atoms with Gasteiger partial charge in [-0.15, -0.1) is 0 Å². The van der Waals surface area contributed by atoms with Gasteiger partial charge in [0, 0.05) is 6.07 Å². The molecule has 94 valence electrons. The number of hydrogen-bond donors (Lipinski definition) is 0. The van der Waals surface area contributed by atoms with Gasteiger partial charge in [0.25, 0.3) is 6.73 Å². The van der Waals surface area contributed by atoms with E-state index in [0.717, 1.165) is 5.75 Å². The lowest BCUT2D eigenvalue weighted by atomic mass is 9.96. The summed E-state index contributed by atoms with van der Waals surface area (Å²) >= 11 is 0. The van der Waals surface area contributed by atoms with Crippen molar-refractivity contribution >= 4 is 32.4 Å². The van der Waals surface area contributed by atoms with Crippen molar-refractivity contribution in [2.75, 3.05) is 0 Å². The van der Waals surface area contributed by atoms with Crippen molar-refractivity contribution < 1.29 is 9.30 Å². The van der Waals surface area contributed by atoms with Crippen molar-refractivity contribution in [3.63, 3.8) is 0 Å². The normalized spacial score (nSPS) is 13.2. The molecule has 4 aromatic rings. The third-order valence-corrected chi connectivity index (χ3v) is 4.20. The Morgan fingerprint density at radius 3 is 2.40 bits per heavy atom. The fraction of sp³-hybridized carbons (Fsp3) is 0.0556. The summed E-state index contributed by atoms with van der Waals surface area (Å²) in [5.41, 5.74) is 1.28. The number of nitrogens with zero attached hydrogens (tertiary/aromatic N) is 1. The van der Waals surface area contributed by atoms with Gasteiger partial charge in [0.15, 0.2) is 6.20 Å². The van der Waals surface area contributed by atoms with E-state index in [-0.39, 0.29) is 0 Å². The fourth-order valence-corrected chi connectivity index (χ4v) is 3.37. The Labute approximate surface area is 115 Å². The summed E-state index contributed by atoms with van der Waals surface area (Å²) in [6.07, 6.45) is 2.09. The highest BCUT2D eigenvalue weighted by Crippen LogP contribution is 2.39. The standard InChI is InChI=1S/C18H12NO/c1-2-6-13-12(5-1)14-7-3-9-16-17(14)18-15(13)8-4-10-19(18)11-20-16/h1-10H,11H2/q+1. The summed E-state index contributed by atoms with van der Waals surface area (Å²) in [6.45, 7) is 0.585. The van der Waals surface area contributed by atoms with Gasteiger partial charge < -0.3 is 4.74 Å². The maximum atomic E-state index is 5.90. The van der Waals surface area contributed by atoms with Crippen LogP contribution in [0.5, 0.6) is 5.75 Å². The van der Waals surface area contributed by atoms with Crippen LogP contribution in [-0.4, -0.2) is 0 Å². The quantitative estimate of drug-likeness (QED) is 0.345. The van der Waals surface area contributed by atoms with Gasteiger partial charge in [-0.2, -0.15) is 4.57 Å². The number of benzene rings is 3. The molecule has 1 aromatic heterocycles. The van der Waals surface area contributed by atoms with Crippen molar-refractivity contribution in [3.8, 4) is 5.75 Å². The van der Waals surface area contributed by atoms with Crippen LogP contribution >= 0.6 is 0 Å². The summed E-state index contributed by atoms with van der Waals surface area (Å²) in [7, 11) is 0. The van der Waals surface area contributed by atoms with Crippen LogP contribution in [0.25, 0.3) is 32.4 Å². The molecule has 0 radical (unpaired) electrons. The van der Waals surface area contributed by atoms with E-state index in [4.69, 9.17) is 4.74 Å². The van der Waals surface area contributed by atoms with Gasteiger partial charge in [-0.05, 0) is 28.3 Å². The van der Waals surface area contributed by atoms with Crippen molar-refractivity contribution in [2.45, 2.75) is 6.73 Å². The second-order valence-corrected chi connectivity index (χ2v) is 5.24. The molecule has 1 aliphatic rings. The predicted octanol–water partition coefficient (Wildman–Crippen LogP) is 3.78. The highest BCUT2D eigenvalue weighted by molar-refractivity contribution is 6.24. The minimum absolute atomic E-state index is 0.585. The zero-order valence-corrected chi connectivity index (χ0v) is 10.8. The Morgan fingerprint density at radius 2 is 1.50 bits per heavy atom. The SMILES string of the molecule is c1ccc2c(c1)c1cccc3c1c1c2ccc[n+]1CO3. The van der Waals surface area contributed by atoms with Gasteiger partial charge in [-0.3, -0.25) is 0 Å². The summed E-state index contributed by atoms with van der Waals surface area (Å²) in [5, 5.41) is 6.40. The van der Waals surface area contributed by atoms with Gasteiger partial charge in [-0.25, -0.2) is 0 Å². The fourth-order valence-electron chi connectivity index (χ4n) is 3.37. The molecule has 0 aliphatic carbocycles. The van der Waals surface area contributed by atoms with Gasteiger partial charge in [0.05, 0.1) is 10.8 Å². The summed E-state index contributed by atoms with van der Waals surface area (Å²) in [5.74, 6) is 0.990. The molecule has 2 heteroatoms. The van der Waals surface area contributed by atoms with Crippen molar-refractivity contribution in [1.82, 2.24) is 0 Å². The van der Waals surface area contributed by atoms with Crippen LogP contribution in [0.4, 0.5) is 0 Å². The molecule has 0 saturated heterocycles. The molecule has 1 aliphatic heterocycles. The average molecular weight is 258 g/mol. The summed E-state index contributed by atoms with van der Waals surface area (Å²) in [4.78, 5) is 0. The largest absolute Gasteiger partial charge is 0.435 e. The zero-order chi connectivity index (χ0) is 13.1. The van der Waals surface area contributed by atoms with Crippen LogP contribution in [0.3, 0.4) is 0 Å². The molecule has 3 aromatic carbocycles. The number of ether oxygens (including phenoxy) is 1. The van der Waals surface area contributed by atoms with Crippen LogP contribution < -0.4 is 9.30 Å². The second kappa shape index (κ2) is 3.48. The first-order valence-electron chi connectivity index (χ1n) is 6.82. The molecule has 0 fully saturated rings. The molecule has 2 heterocycles. The molecule has 0 unspecified atom stereocenters. The topological polar surface area (TPSA) is 13.1 Å². The third-order valence-electron chi connectivity index (χ3n) is 4.20. The van der Waals surface area contributed by atoms with Gasteiger partial charge in [0.2, 0.25) is 5.52 Å². The van der Waals surface area contributed by atoms with Crippen LogP contribution in [0.2, 0.25) is 0 Å². The Bertz CT molecular complexity index is 922. The van der Waals surface area contributed by atoms with E-state index in [0.29, 0.717) is 6.73 Å². The first-order chi connectivity index (χ1) is 9.93. The Morgan fingerprint density at radius 1 is 0.750 bits per heavy atom. The van der Waals surface area contributed by atoms with Crippen LogP contribution in [-0.2, 0) is 6.73 Å². The van der Waals surface area contributed by atoms with Gasteiger partial charge >= 0.3 is 0 Å². The van der Waals surface area contributed by atoms with Crippen molar-refractivity contribution in [2.24, 2.45) is 0 Å².